The maximum Gasteiger partial charge on any atom is 0.239 e. The Morgan fingerprint density at radius 1 is 0.976 bits per heavy atom. The van der Waals surface area contributed by atoms with Gasteiger partial charge in [0, 0.05) is 31.4 Å². The molecule has 2 saturated heterocycles. The van der Waals surface area contributed by atoms with Crippen LogP contribution in [0.2, 0.25) is 0 Å². The number of sulfonamides is 1. The lowest BCUT2D eigenvalue weighted by atomic mass is 9.85. The van der Waals surface area contributed by atoms with Crippen molar-refractivity contribution in [2.75, 3.05) is 24.7 Å². The second kappa shape index (κ2) is 16.4. The lowest BCUT2D eigenvalue weighted by Crippen LogP contribution is -2.56. The highest BCUT2D eigenvalue weighted by Crippen LogP contribution is 2.33. The maximum atomic E-state index is 13.7. The fourth-order valence-corrected chi connectivity index (χ4v) is 11.2. The molecule has 1 aromatic rings. The molecule has 11 heteroatoms. The number of likely N-dealkylation sites (tertiary alicyclic amines) is 1. The molecular weight excluding hydrogens is 608 g/mol. The van der Waals surface area contributed by atoms with Gasteiger partial charge in [-0.05, 0) is 50.0 Å². The molecule has 2 atom stereocenters. The molecule has 2 aliphatic heterocycles. The molecule has 0 spiro atoms. The molecule has 1 aromatic carbocycles. The molecule has 0 bridgehead atoms. The second-order valence-electron chi connectivity index (χ2n) is 12.5. The third kappa shape index (κ3) is 9.07. The molecule has 1 amide bonds. The van der Waals surface area contributed by atoms with Gasteiger partial charge >= 0.3 is 0 Å². The van der Waals surface area contributed by atoms with Crippen LogP contribution < -0.4 is 10.6 Å². The van der Waals surface area contributed by atoms with E-state index in [1.165, 1.54) is 53.7 Å². The number of piperidine rings is 1. The van der Waals surface area contributed by atoms with E-state index < -0.39 is 16.1 Å². The van der Waals surface area contributed by atoms with E-state index in [9.17, 15) is 13.2 Å². The summed E-state index contributed by atoms with van der Waals surface area (Å²) in [6, 6.07) is 10.0. The first-order chi connectivity index (χ1) is 19.9. The van der Waals surface area contributed by atoms with E-state index in [4.69, 9.17) is 12.2 Å². The third-order valence-electron chi connectivity index (χ3n) is 9.60. The van der Waals surface area contributed by atoms with E-state index in [1.54, 1.807) is 0 Å². The predicted molar refractivity (Wildman–Crippen MR) is 180 cm³/mol. The monoisotopic (exact) mass is 656 g/mol. The van der Waals surface area contributed by atoms with E-state index in [0.29, 0.717) is 41.4 Å². The van der Waals surface area contributed by atoms with Crippen molar-refractivity contribution in [2.24, 2.45) is 5.92 Å². The molecule has 7 nitrogen and oxygen atoms in total. The van der Waals surface area contributed by atoms with Gasteiger partial charge in [0.15, 0.2) is 0 Å². The molecule has 0 aromatic heterocycles. The topological polar surface area (TPSA) is 81.8 Å². The van der Waals surface area contributed by atoms with Gasteiger partial charge in [0.1, 0.15) is 6.04 Å². The van der Waals surface area contributed by atoms with Crippen LogP contribution in [0.3, 0.4) is 0 Å². The minimum absolute atomic E-state index is 0. The van der Waals surface area contributed by atoms with Crippen LogP contribution in [0, 0.1) is 5.92 Å². The molecule has 42 heavy (non-hydrogen) atoms. The van der Waals surface area contributed by atoms with E-state index >= 15 is 0 Å². The number of halogens is 1. The number of carbonyl (C=O) groups excluding carboxylic acids is 1. The van der Waals surface area contributed by atoms with Crippen LogP contribution in [0.15, 0.2) is 30.3 Å². The van der Waals surface area contributed by atoms with Gasteiger partial charge in [-0.1, -0.05) is 87.5 Å². The Morgan fingerprint density at radius 3 is 2.33 bits per heavy atom. The van der Waals surface area contributed by atoms with Crippen molar-refractivity contribution >= 4 is 57.3 Å². The van der Waals surface area contributed by atoms with Crippen LogP contribution in [0.4, 0.5) is 0 Å². The quantitative estimate of drug-likeness (QED) is 0.305. The Hall–Kier alpha value is -0.910. The van der Waals surface area contributed by atoms with Crippen molar-refractivity contribution in [1.29, 1.82) is 0 Å². The fourth-order valence-electron chi connectivity index (χ4n) is 7.06. The maximum absolute atomic E-state index is 13.7. The van der Waals surface area contributed by atoms with Crippen LogP contribution in [-0.2, 0) is 21.4 Å². The van der Waals surface area contributed by atoms with Crippen LogP contribution in [0.1, 0.15) is 89.0 Å². The highest BCUT2D eigenvalue weighted by molar-refractivity contribution is 8.00. The van der Waals surface area contributed by atoms with Gasteiger partial charge in [-0.2, -0.15) is 4.31 Å². The summed E-state index contributed by atoms with van der Waals surface area (Å²) >= 11 is 7.50. The molecule has 5 rings (SSSR count). The first kappa shape index (κ1) is 34.0. The number of hydrogen-bond acceptors (Lipinski definition) is 6. The minimum Gasteiger partial charge on any atom is -0.375 e. The lowest BCUT2D eigenvalue weighted by molar-refractivity contribution is -0.124. The summed E-state index contributed by atoms with van der Waals surface area (Å²) in [5.41, 5.74) is 1.34. The third-order valence-corrected chi connectivity index (χ3v) is 13.5. The summed E-state index contributed by atoms with van der Waals surface area (Å²) in [6.45, 7) is 3.00. The molecule has 236 valence electrons. The minimum atomic E-state index is -3.47. The molecule has 4 aliphatic rings. The summed E-state index contributed by atoms with van der Waals surface area (Å²) in [6.07, 6.45) is 13.6. The molecule has 0 radical (unpaired) electrons. The molecule has 2 heterocycles. The van der Waals surface area contributed by atoms with E-state index in [0.717, 1.165) is 58.2 Å². The predicted octanol–water partition coefficient (Wildman–Crippen LogP) is 5.48. The number of benzene rings is 1. The Bertz CT molecular complexity index is 1110. The Kier molecular flexibility index (Phi) is 13.3. The van der Waals surface area contributed by atoms with Gasteiger partial charge in [-0.25, -0.2) is 8.42 Å². The Labute approximate surface area is 269 Å². The number of thiocarbonyl (C=S) groups is 1. The summed E-state index contributed by atoms with van der Waals surface area (Å²) in [5.74, 6) is 1.38. The normalized spacial score (nSPS) is 24.2. The molecule has 2 N–H and O–H groups in total. The SMILES string of the molecule is Cl.O=C(N[C@H](CCC1CCCCC1)C(=S)NC1CCN(Cc2ccccc2)CC1)[C@@H]1CSCN1S(=O)(=O)C1CCCC1. The van der Waals surface area contributed by atoms with E-state index in [2.05, 4.69) is 45.9 Å². The number of hydrogen-bond donors (Lipinski definition) is 2. The fraction of sp³-hybridized carbons (Fsp3) is 0.742. The standard InChI is InChI=1S/C31H48N4O3S3.ClH/c36-30(29-22-40-23-35(29)41(37,38)27-13-7-8-14-27)33-28(16-15-24-9-3-1-4-10-24)31(39)32-26-17-19-34(20-18-26)21-25-11-5-2-6-12-25;/h2,5-6,11-12,24,26-29H,1,3-4,7-10,13-23H2,(H,32,39)(H,33,36);1H/t28-,29+;/m1./s1. The largest absolute Gasteiger partial charge is 0.375 e. The van der Waals surface area contributed by atoms with Crippen LogP contribution in [0.5, 0.6) is 0 Å². The molecule has 2 saturated carbocycles. The molecule has 4 fully saturated rings. The lowest BCUT2D eigenvalue weighted by Gasteiger charge is -2.35. The van der Waals surface area contributed by atoms with Crippen LogP contribution in [-0.4, -0.2) is 76.6 Å². The Balaban J connectivity index is 0.00000405. The zero-order chi connectivity index (χ0) is 28.7. The van der Waals surface area contributed by atoms with Crippen molar-refractivity contribution in [3.8, 4) is 0 Å². The molecule has 2 aliphatic carbocycles. The number of amides is 1. The van der Waals surface area contributed by atoms with Crippen molar-refractivity contribution < 1.29 is 13.2 Å². The number of thioether (sulfide) groups is 1. The summed E-state index contributed by atoms with van der Waals surface area (Å²) < 4.78 is 28.3. The summed E-state index contributed by atoms with van der Waals surface area (Å²) in [4.78, 5) is 16.9. The van der Waals surface area contributed by atoms with Gasteiger partial charge in [-0.15, -0.1) is 24.2 Å². The van der Waals surface area contributed by atoms with E-state index in [1.807, 2.05) is 0 Å². The average Bonchev–Trinajstić information content (AvgIpc) is 3.71. The van der Waals surface area contributed by atoms with Crippen LogP contribution >= 0.6 is 36.4 Å². The van der Waals surface area contributed by atoms with Crippen LogP contribution in [0.25, 0.3) is 0 Å². The zero-order valence-corrected chi connectivity index (χ0v) is 28.0. The first-order valence-electron chi connectivity index (χ1n) is 15.9. The number of carbonyl (C=O) groups is 1. The van der Waals surface area contributed by atoms with E-state index in [-0.39, 0.29) is 29.6 Å². The van der Waals surface area contributed by atoms with Gasteiger partial charge in [0.25, 0.3) is 0 Å². The average molecular weight is 657 g/mol. The highest BCUT2D eigenvalue weighted by Gasteiger charge is 2.44. The van der Waals surface area contributed by atoms with Gasteiger partial charge in [0.05, 0.1) is 22.2 Å². The van der Waals surface area contributed by atoms with Gasteiger partial charge in [-0.3, -0.25) is 9.69 Å². The van der Waals surface area contributed by atoms with Crippen molar-refractivity contribution in [2.45, 2.75) is 113 Å². The number of nitrogens with one attached hydrogen (secondary N) is 2. The summed E-state index contributed by atoms with van der Waals surface area (Å²) in [5, 5.41) is 6.54. The number of nitrogens with zero attached hydrogens (tertiary/aromatic N) is 2. The van der Waals surface area contributed by atoms with Crippen molar-refractivity contribution in [3.05, 3.63) is 35.9 Å². The van der Waals surface area contributed by atoms with Crippen molar-refractivity contribution in [1.82, 2.24) is 19.8 Å². The molecule has 0 unspecified atom stereocenters. The van der Waals surface area contributed by atoms with Gasteiger partial charge in [0.2, 0.25) is 15.9 Å². The number of rotatable bonds is 11. The van der Waals surface area contributed by atoms with Gasteiger partial charge < -0.3 is 10.6 Å². The Morgan fingerprint density at radius 2 is 1.64 bits per heavy atom. The smallest absolute Gasteiger partial charge is 0.239 e. The van der Waals surface area contributed by atoms with Crippen molar-refractivity contribution in [3.63, 3.8) is 0 Å². The first-order valence-corrected chi connectivity index (χ1v) is 18.9. The summed E-state index contributed by atoms with van der Waals surface area (Å²) in [7, 11) is -3.47. The molecular formula is C31H49ClN4O3S3. The zero-order valence-electron chi connectivity index (χ0n) is 24.8. The highest BCUT2D eigenvalue weighted by atomic mass is 35.5. The second-order valence-corrected chi connectivity index (χ2v) is 16.1.